The predicted octanol–water partition coefficient (Wildman–Crippen LogP) is 2.21. The quantitative estimate of drug-likeness (QED) is 0.593. The van der Waals surface area contributed by atoms with Gasteiger partial charge in [-0.15, -0.1) is 11.6 Å². The highest BCUT2D eigenvalue weighted by Gasteiger charge is 2.36. The molecule has 2 atom stereocenters. The van der Waals surface area contributed by atoms with Crippen LogP contribution in [0.2, 0.25) is 0 Å². The molecule has 0 spiro atoms. The van der Waals surface area contributed by atoms with Gasteiger partial charge in [0.05, 0.1) is 5.03 Å². The van der Waals surface area contributed by atoms with Crippen LogP contribution < -0.4 is 0 Å². The minimum absolute atomic E-state index is 0.150. The second-order valence-electron chi connectivity index (χ2n) is 1.97. The van der Waals surface area contributed by atoms with Crippen LogP contribution in [0.5, 0.6) is 0 Å². The molecule has 0 radical (unpaired) electrons. The minimum atomic E-state index is -1.63. The van der Waals surface area contributed by atoms with Gasteiger partial charge in [-0.2, -0.15) is 0 Å². The van der Waals surface area contributed by atoms with Gasteiger partial charge in [0.2, 0.25) is 0 Å². The number of allylic oxidation sites excluding steroid dienone is 2. The van der Waals surface area contributed by atoms with Crippen molar-refractivity contribution in [3.8, 4) is 0 Å². The standard InChI is InChI=1S/C6H5Cl3O/c7-4-2-1-3-5(8)6(4,9)10/h1-4,10H/t4-,6+/m0/s1. The Morgan fingerprint density at radius 3 is 2.60 bits per heavy atom. The fraction of sp³-hybridized carbons (Fsp3) is 0.333. The van der Waals surface area contributed by atoms with Gasteiger partial charge in [0.15, 0.2) is 5.06 Å². The summed E-state index contributed by atoms with van der Waals surface area (Å²) < 4.78 is 0. The van der Waals surface area contributed by atoms with E-state index in [9.17, 15) is 5.11 Å². The molecule has 0 aliphatic heterocycles. The average Bonchev–Trinajstić information content (AvgIpc) is 1.84. The first-order valence-corrected chi connectivity index (χ1v) is 3.84. The van der Waals surface area contributed by atoms with Gasteiger partial charge in [-0.05, 0) is 6.08 Å². The van der Waals surface area contributed by atoms with E-state index in [1.807, 2.05) is 0 Å². The Balaban J connectivity index is 2.93. The Labute approximate surface area is 73.9 Å². The topological polar surface area (TPSA) is 20.2 Å². The third kappa shape index (κ3) is 1.32. The summed E-state index contributed by atoms with van der Waals surface area (Å²) in [5.41, 5.74) is 0. The van der Waals surface area contributed by atoms with Crippen LogP contribution in [0.4, 0.5) is 0 Å². The van der Waals surface area contributed by atoms with Gasteiger partial charge >= 0.3 is 0 Å². The van der Waals surface area contributed by atoms with Gasteiger partial charge in [0, 0.05) is 0 Å². The first kappa shape index (κ1) is 8.41. The molecule has 1 aliphatic rings. The van der Waals surface area contributed by atoms with Crippen molar-refractivity contribution in [3.63, 3.8) is 0 Å². The molecule has 1 aliphatic carbocycles. The maximum atomic E-state index is 9.29. The number of halogens is 3. The molecule has 0 fully saturated rings. The fourth-order valence-corrected chi connectivity index (χ4v) is 1.20. The van der Waals surface area contributed by atoms with E-state index in [1.165, 1.54) is 6.08 Å². The lowest BCUT2D eigenvalue weighted by Gasteiger charge is -2.25. The molecule has 10 heavy (non-hydrogen) atoms. The van der Waals surface area contributed by atoms with Crippen molar-refractivity contribution in [1.82, 2.24) is 0 Å². The maximum Gasteiger partial charge on any atom is 0.195 e. The van der Waals surface area contributed by atoms with Crippen molar-refractivity contribution >= 4 is 34.8 Å². The lowest BCUT2D eigenvalue weighted by atomic mass is 10.1. The Morgan fingerprint density at radius 1 is 1.60 bits per heavy atom. The van der Waals surface area contributed by atoms with Crippen molar-refractivity contribution in [3.05, 3.63) is 23.3 Å². The van der Waals surface area contributed by atoms with Crippen molar-refractivity contribution in [2.24, 2.45) is 0 Å². The van der Waals surface area contributed by atoms with Crippen LogP contribution in [0.1, 0.15) is 0 Å². The van der Waals surface area contributed by atoms with Crippen LogP contribution >= 0.6 is 34.8 Å². The van der Waals surface area contributed by atoms with Crippen molar-refractivity contribution in [2.75, 3.05) is 0 Å². The summed E-state index contributed by atoms with van der Waals surface area (Å²) in [5.74, 6) is 0. The summed E-state index contributed by atoms with van der Waals surface area (Å²) in [6.45, 7) is 0. The molecule has 0 aromatic heterocycles. The molecule has 0 saturated heterocycles. The van der Waals surface area contributed by atoms with Crippen molar-refractivity contribution in [2.45, 2.75) is 10.4 Å². The van der Waals surface area contributed by atoms with Gasteiger partial charge in [-0.3, -0.25) is 0 Å². The van der Waals surface area contributed by atoms with Crippen LogP contribution in [-0.2, 0) is 0 Å². The van der Waals surface area contributed by atoms with Crippen LogP contribution in [-0.4, -0.2) is 15.5 Å². The van der Waals surface area contributed by atoms with E-state index in [1.54, 1.807) is 12.2 Å². The first-order chi connectivity index (χ1) is 4.55. The Bertz CT molecular complexity index is 195. The first-order valence-electron chi connectivity index (χ1n) is 2.65. The van der Waals surface area contributed by atoms with Crippen LogP contribution in [0.3, 0.4) is 0 Å². The summed E-state index contributed by atoms with van der Waals surface area (Å²) in [6.07, 6.45) is 4.73. The number of alkyl halides is 2. The molecular formula is C6H5Cl3O. The zero-order valence-corrected chi connectivity index (χ0v) is 7.16. The monoisotopic (exact) mass is 198 g/mol. The Kier molecular flexibility index (Phi) is 2.31. The number of hydrogen-bond acceptors (Lipinski definition) is 1. The van der Waals surface area contributed by atoms with Crippen molar-refractivity contribution in [1.29, 1.82) is 0 Å². The van der Waals surface area contributed by atoms with E-state index in [0.717, 1.165) is 0 Å². The summed E-state index contributed by atoms with van der Waals surface area (Å²) in [7, 11) is 0. The average molecular weight is 199 g/mol. The molecule has 0 saturated carbocycles. The van der Waals surface area contributed by atoms with Gasteiger partial charge in [0.25, 0.3) is 0 Å². The van der Waals surface area contributed by atoms with E-state index in [0.29, 0.717) is 0 Å². The zero-order valence-electron chi connectivity index (χ0n) is 4.89. The lowest BCUT2D eigenvalue weighted by Crippen LogP contribution is -2.33. The van der Waals surface area contributed by atoms with E-state index in [4.69, 9.17) is 34.8 Å². The number of rotatable bonds is 0. The lowest BCUT2D eigenvalue weighted by molar-refractivity contribution is 0.180. The van der Waals surface area contributed by atoms with Gasteiger partial charge in [-0.1, -0.05) is 35.4 Å². The van der Waals surface area contributed by atoms with Crippen molar-refractivity contribution < 1.29 is 5.11 Å². The van der Waals surface area contributed by atoms with Crippen LogP contribution in [0.15, 0.2) is 23.3 Å². The number of aliphatic hydroxyl groups is 1. The second kappa shape index (κ2) is 2.74. The Morgan fingerprint density at radius 2 is 2.20 bits per heavy atom. The molecule has 0 unspecified atom stereocenters. The predicted molar refractivity (Wildman–Crippen MR) is 43.5 cm³/mol. The van der Waals surface area contributed by atoms with Gasteiger partial charge < -0.3 is 5.11 Å². The van der Waals surface area contributed by atoms with E-state index in [-0.39, 0.29) is 5.03 Å². The SMILES string of the molecule is O[C@@]1(Cl)C(Cl)=CC=C[C@@H]1Cl. The Hall–Kier alpha value is 0.310. The third-order valence-electron chi connectivity index (χ3n) is 1.22. The van der Waals surface area contributed by atoms with Crippen LogP contribution in [0.25, 0.3) is 0 Å². The summed E-state index contributed by atoms with van der Waals surface area (Å²) in [6, 6.07) is 0. The molecule has 1 nitrogen and oxygen atoms in total. The molecule has 0 aromatic rings. The van der Waals surface area contributed by atoms with E-state index >= 15 is 0 Å². The maximum absolute atomic E-state index is 9.29. The molecule has 56 valence electrons. The summed E-state index contributed by atoms with van der Waals surface area (Å²) >= 11 is 16.7. The minimum Gasteiger partial charge on any atom is -0.369 e. The third-order valence-corrected chi connectivity index (χ3v) is 2.75. The fourth-order valence-electron chi connectivity index (χ4n) is 0.614. The second-order valence-corrected chi connectivity index (χ2v) is 3.43. The highest BCUT2D eigenvalue weighted by atomic mass is 35.5. The van der Waals surface area contributed by atoms with Crippen LogP contribution in [0, 0.1) is 0 Å². The van der Waals surface area contributed by atoms with E-state index < -0.39 is 10.4 Å². The molecule has 1 rings (SSSR count). The summed E-state index contributed by atoms with van der Waals surface area (Å²) in [4.78, 5) is 0. The summed E-state index contributed by atoms with van der Waals surface area (Å²) in [5, 5.41) is 7.16. The molecule has 4 heteroatoms. The highest BCUT2D eigenvalue weighted by Crippen LogP contribution is 2.35. The largest absolute Gasteiger partial charge is 0.369 e. The molecule has 1 N–H and O–H groups in total. The molecule has 0 amide bonds. The normalized spacial score (nSPS) is 39.6. The highest BCUT2D eigenvalue weighted by molar-refractivity contribution is 6.42. The molecule has 0 aromatic carbocycles. The van der Waals surface area contributed by atoms with Gasteiger partial charge in [0.1, 0.15) is 5.38 Å². The van der Waals surface area contributed by atoms with Gasteiger partial charge in [-0.25, -0.2) is 0 Å². The molecule has 0 bridgehead atoms. The zero-order chi connectivity index (χ0) is 7.78. The molecular weight excluding hydrogens is 194 g/mol. The smallest absolute Gasteiger partial charge is 0.195 e. The number of hydrogen-bond donors (Lipinski definition) is 1. The molecule has 0 heterocycles. The van der Waals surface area contributed by atoms with E-state index in [2.05, 4.69) is 0 Å².